The number of esters is 1. The molecular weight excluding hydrogens is 356 g/mol. The Kier molecular flexibility index (Phi) is 6.74. The molecule has 0 saturated heterocycles. The number of para-hydroxylation sites is 1. The lowest BCUT2D eigenvalue weighted by atomic mass is 10.2. The topological polar surface area (TPSA) is 55.4 Å². The Labute approximate surface area is 146 Å². The van der Waals surface area contributed by atoms with Crippen molar-refractivity contribution in [3.8, 4) is 0 Å². The van der Waals surface area contributed by atoms with Crippen LogP contribution in [-0.2, 0) is 20.1 Å². The molecule has 1 N–H and O–H groups in total. The fourth-order valence-corrected chi connectivity index (χ4v) is 3.40. The summed E-state index contributed by atoms with van der Waals surface area (Å²) in [6, 6.07) is 7.12. The second-order valence-electron chi connectivity index (χ2n) is 4.79. The minimum absolute atomic E-state index is 0.0869. The van der Waals surface area contributed by atoms with Crippen LogP contribution in [0.4, 0.5) is 14.5 Å². The van der Waals surface area contributed by atoms with Crippen LogP contribution >= 0.6 is 23.1 Å². The summed E-state index contributed by atoms with van der Waals surface area (Å²) in [5, 5.41) is 4.04. The van der Waals surface area contributed by atoms with Gasteiger partial charge in [0.15, 0.2) is 6.10 Å². The summed E-state index contributed by atoms with van der Waals surface area (Å²) < 4.78 is 31.9. The number of hydrogen-bond donors (Lipinski definition) is 1. The van der Waals surface area contributed by atoms with Gasteiger partial charge in [0.2, 0.25) is 0 Å². The first-order chi connectivity index (χ1) is 11.5. The molecule has 0 aliphatic carbocycles. The highest BCUT2D eigenvalue weighted by Gasteiger charge is 2.20. The van der Waals surface area contributed by atoms with Crippen molar-refractivity contribution >= 4 is 40.7 Å². The van der Waals surface area contributed by atoms with Crippen molar-refractivity contribution in [2.24, 2.45) is 0 Å². The third-order valence-electron chi connectivity index (χ3n) is 2.93. The van der Waals surface area contributed by atoms with Gasteiger partial charge >= 0.3 is 5.97 Å². The second-order valence-corrected chi connectivity index (χ2v) is 6.81. The van der Waals surface area contributed by atoms with Crippen LogP contribution in [0, 0.1) is 11.6 Å². The molecule has 8 heteroatoms. The molecule has 0 aliphatic rings. The Hall–Kier alpha value is -1.93. The van der Waals surface area contributed by atoms with Gasteiger partial charge in [0.25, 0.3) is 5.91 Å². The van der Waals surface area contributed by atoms with E-state index in [9.17, 15) is 18.4 Å². The molecule has 24 heavy (non-hydrogen) atoms. The molecule has 0 radical (unpaired) electrons. The average Bonchev–Trinajstić information content (AvgIpc) is 3.04. The lowest BCUT2D eigenvalue weighted by molar-refractivity contribution is -0.150. The third-order valence-corrected chi connectivity index (χ3v) is 4.95. The summed E-state index contributed by atoms with van der Waals surface area (Å²) in [5.74, 6) is -2.39. The Morgan fingerprint density at radius 2 is 1.96 bits per heavy atom. The fraction of sp³-hybridized carbons (Fsp3) is 0.250. The third kappa shape index (κ3) is 5.31. The van der Waals surface area contributed by atoms with E-state index in [1.807, 2.05) is 17.5 Å². The number of halogens is 2. The number of hydrogen-bond acceptors (Lipinski definition) is 5. The first-order valence-corrected chi connectivity index (χ1v) is 9.05. The van der Waals surface area contributed by atoms with Crippen LogP contribution in [0.2, 0.25) is 0 Å². The van der Waals surface area contributed by atoms with Gasteiger partial charge in [-0.3, -0.25) is 9.59 Å². The first kappa shape index (κ1) is 18.4. The van der Waals surface area contributed by atoms with E-state index in [-0.39, 0.29) is 5.75 Å². The van der Waals surface area contributed by atoms with E-state index in [1.165, 1.54) is 24.8 Å². The molecule has 1 amide bonds. The SMILES string of the molecule is C[C@H](OC(=O)CSCc1cccs1)C(=O)Nc1c(F)cccc1F. The van der Waals surface area contributed by atoms with E-state index in [4.69, 9.17) is 4.74 Å². The molecule has 0 fully saturated rings. The summed E-state index contributed by atoms with van der Waals surface area (Å²) >= 11 is 2.96. The summed E-state index contributed by atoms with van der Waals surface area (Å²) in [4.78, 5) is 24.7. The van der Waals surface area contributed by atoms with Gasteiger partial charge in [0, 0.05) is 10.6 Å². The van der Waals surface area contributed by atoms with E-state index >= 15 is 0 Å². The Morgan fingerprint density at radius 3 is 2.58 bits per heavy atom. The van der Waals surface area contributed by atoms with E-state index in [1.54, 1.807) is 11.3 Å². The van der Waals surface area contributed by atoms with Crippen LogP contribution in [0.25, 0.3) is 0 Å². The van der Waals surface area contributed by atoms with Crippen molar-refractivity contribution in [2.75, 3.05) is 11.1 Å². The molecule has 0 bridgehead atoms. The molecule has 0 aliphatic heterocycles. The zero-order chi connectivity index (χ0) is 17.5. The number of thiophene rings is 1. The Morgan fingerprint density at radius 1 is 1.25 bits per heavy atom. The number of nitrogens with one attached hydrogen (secondary N) is 1. The van der Waals surface area contributed by atoms with E-state index < -0.39 is 35.3 Å². The molecule has 0 saturated carbocycles. The molecule has 2 aromatic rings. The van der Waals surface area contributed by atoms with Crippen LogP contribution in [0.3, 0.4) is 0 Å². The lowest BCUT2D eigenvalue weighted by Gasteiger charge is -2.14. The molecule has 1 atom stereocenters. The highest BCUT2D eigenvalue weighted by molar-refractivity contribution is 7.99. The monoisotopic (exact) mass is 371 g/mol. The molecule has 128 valence electrons. The summed E-state index contributed by atoms with van der Waals surface area (Å²) in [6.45, 7) is 1.34. The van der Waals surface area contributed by atoms with Crippen molar-refractivity contribution < 1.29 is 23.1 Å². The van der Waals surface area contributed by atoms with Crippen molar-refractivity contribution in [1.82, 2.24) is 0 Å². The fourth-order valence-electron chi connectivity index (χ4n) is 1.76. The number of thioether (sulfide) groups is 1. The van der Waals surface area contributed by atoms with Gasteiger partial charge < -0.3 is 10.1 Å². The van der Waals surface area contributed by atoms with Crippen LogP contribution in [-0.4, -0.2) is 23.7 Å². The molecule has 1 aromatic carbocycles. The molecule has 4 nitrogen and oxygen atoms in total. The van der Waals surface area contributed by atoms with Crippen molar-refractivity contribution in [3.05, 3.63) is 52.2 Å². The quantitative estimate of drug-likeness (QED) is 0.752. The standard InChI is InChI=1S/C16H15F2NO3S2/c1-10(16(21)19-15-12(17)5-2-6-13(15)18)22-14(20)9-23-8-11-4-3-7-24-11/h2-7,10H,8-9H2,1H3,(H,19,21)/t10-/m0/s1. The summed E-state index contributed by atoms with van der Waals surface area (Å²) in [6.07, 6.45) is -1.15. The Balaban J connectivity index is 1.79. The molecule has 2 rings (SSSR count). The molecule has 1 aromatic heterocycles. The van der Waals surface area contributed by atoms with Crippen LogP contribution in [0.15, 0.2) is 35.7 Å². The van der Waals surface area contributed by atoms with Crippen molar-refractivity contribution in [1.29, 1.82) is 0 Å². The van der Waals surface area contributed by atoms with Gasteiger partial charge in [-0.15, -0.1) is 23.1 Å². The molecule has 0 spiro atoms. The maximum atomic E-state index is 13.5. The van der Waals surface area contributed by atoms with E-state index in [2.05, 4.69) is 5.32 Å². The zero-order valence-electron chi connectivity index (χ0n) is 12.8. The van der Waals surface area contributed by atoms with Crippen LogP contribution in [0.5, 0.6) is 0 Å². The minimum Gasteiger partial charge on any atom is -0.452 e. The average molecular weight is 371 g/mol. The van der Waals surface area contributed by atoms with Gasteiger partial charge in [-0.1, -0.05) is 12.1 Å². The van der Waals surface area contributed by atoms with Crippen molar-refractivity contribution in [3.63, 3.8) is 0 Å². The summed E-state index contributed by atoms with van der Waals surface area (Å²) in [5.41, 5.74) is -0.558. The van der Waals surface area contributed by atoms with E-state index in [0.29, 0.717) is 5.75 Å². The number of anilines is 1. The second kappa shape index (κ2) is 8.79. The van der Waals surface area contributed by atoms with Crippen LogP contribution < -0.4 is 5.32 Å². The number of amides is 1. The maximum Gasteiger partial charge on any atom is 0.316 e. The smallest absolute Gasteiger partial charge is 0.316 e. The lowest BCUT2D eigenvalue weighted by Crippen LogP contribution is -2.31. The highest BCUT2D eigenvalue weighted by Crippen LogP contribution is 2.19. The van der Waals surface area contributed by atoms with Gasteiger partial charge in [-0.2, -0.15) is 0 Å². The van der Waals surface area contributed by atoms with Crippen molar-refractivity contribution in [2.45, 2.75) is 18.8 Å². The maximum absolute atomic E-state index is 13.5. The predicted octanol–water partition coefficient (Wildman–Crippen LogP) is 3.83. The van der Waals surface area contributed by atoms with Gasteiger partial charge in [0.05, 0.1) is 5.75 Å². The normalized spacial score (nSPS) is 11.8. The van der Waals surface area contributed by atoms with Crippen LogP contribution in [0.1, 0.15) is 11.8 Å². The Bertz CT molecular complexity index is 687. The molecule has 0 unspecified atom stereocenters. The number of benzene rings is 1. The summed E-state index contributed by atoms with van der Waals surface area (Å²) in [7, 11) is 0. The van der Waals surface area contributed by atoms with Gasteiger partial charge in [0.1, 0.15) is 17.3 Å². The van der Waals surface area contributed by atoms with E-state index in [0.717, 1.165) is 17.0 Å². The molecular formula is C16H15F2NO3S2. The largest absolute Gasteiger partial charge is 0.452 e. The number of rotatable bonds is 7. The minimum atomic E-state index is -1.15. The van der Waals surface area contributed by atoms with Gasteiger partial charge in [-0.05, 0) is 30.5 Å². The number of carbonyl (C=O) groups excluding carboxylic acids is 2. The number of ether oxygens (including phenoxy) is 1. The number of carbonyl (C=O) groups is 2. The zero-order valence-corrected chi connectivity index (χ0v) is 14.4. The predicted molar refractivity (Wildman–Crippen MR) is 91.0 cm³/mol. The molecule has 1 heterocycles. The van der Waals surface area contributed by atoms with Gasteiger partial charge in [-0.25, -0.2) is 8.78 Å². The first-order valence-electron chi connectivity index (χ1n) is 7.02. The highest BCUT2D eigenvalue weighted by atomic mass is 32.2.